The summed E-state index contributed by atoms with van der Waals surface area (Å²) in [6, 6.07) is 26.3. The standard InChI is InChI=1S/C29H29NO2.C6H8O7/c31-29(24-12-15-25(16-13-24)32-21-20-30-18-6-7-19-30)28-26-11-5-4-10-23(26)14-17-27(28)22-8-2-1-3-9-22;7-3(8)1-6(13,5(11)12)2-4(9)10/h1-5,8-13,15-16H,6-7,14,17-21H2;13H,1-2H2,(H,7,8)(H,9,10)(H,11,12). The van der Waals surface area contributed by atoms with Crippen molar-refractivity contribution in [2.75, 3.05) is 26.2 Å². The number of hydrogen-bond acceptors (Lipinski definition) is 7. The molecule has 3 aromatic rings. The van der Waals surface area contributed by atoms with Gasteiger partial charge < -0.3 is 25.2 Å². The Morgan fingerprint density at radius 3 is 1.96 bits per heavy atom. The molecule has 45 heavy (non-hydrogen) atoms. The number of carboxylic acids is 3. The summed E-state index contributed by atoms with van der Waals surface area (Å²) in [5.74, 6) is -4.11. The summed E-state index contributed by atoms with van der Waals surface area (Å²) in [5.41, 5.74) is 3.38. The van der Waals surface area contributed by atoms with Gasteiger partial charge in [0.1, 0.15) is 12.4 Å². The third kappa shape index (κ3) is 8.87. The minimum atomic E-state index is -2.74. The average Bonchev–Trinajstić information content (AvgIpc) is 3.54. The van der Waals surface area contributed by atoms with Crippen LogP contribution in [0.5, 0.6) is 5.75 Å². The topological polar surface area (TPSA) is 162 Å². The SMILES string of the molecule is O=C(C1=C(c2ccccc2)CCc2ccccc21)c1ccc(OCCN2CCCC2)cc1.O=C(O)CC(O)(CC(=O)O)C(=O)O. The minimum absolute atomic E-state index is 0.0830. The molecule has 1 aliphatic carbocycles. The molecule has 1 heterocycles. The van der Waals surface area contributed by atoms with E-state index in [0.717, 1.165) is 47.4 Å². The van der Waals surface area contributed by atoms with Gasteiger partial charge in [-0.15, -0.1) is 0 Å². The second-order valence-electron chi connectivity index (χ2n) is 11.1. The first-order valence-corrected chi connectivity index (χ1v) is 14.8. The maximum absolute atomic E-state index is 13.7. The quantitative estimate of drug-likeness (QED) is 0.211. The molecule has 0 bridgehead atoms. The molecule has 236 valence electrons. The number of aliphatic carboxylic acids is 3. The van der Waals surface area contributed by atoms with Crippen molar-refractivity contribution in [2.45, 2.75) is 44.1 Å². The van der Waals surface area contributed by atoms with Gasteiger partial charge in [-0.3, -0.25) is 19.3 Å². The number of nitrogens with zero attached hydrogens (tertiary/aromatic N) is 1. The molecule has 0 spiro atoms. The second kappa shape index (κ2) is 15.3. The largest absolute Gasteiger partial charge is 0.492 e. The van der Waals surface area contributed by atoms with Crippen LogP contribution in [0.15, 0.2) is 78.9 Å². The summed E-state index contributed by atoms with van der Waals surface area (Å²) in [4.78, 5) is 46.7. The van der Waals surface area contributed by atoms with E-state index < -0.39 is 36.4 Å². The van der Waals surface area contributed by atoms with Crippen LogP contribution >= 0.6 is 0 Å². The fourth-order valence-corrected chi connectivity index (χ4v) is 5.58. The molecule has 1 saturated heterocycles. The predicted octanol–water partition coefficient (Wildman–Crippen LogP) is 4.65. The number of hydrogen-bond donors (Lipinski definition) is 4. The number of fused-ring (bicyclic) bond motifs is 1. The monoisotopic (exact) mass is 615 g/mol. The fourth-order valence-electron chi connectivity index (χ4n) is 5.58. The van der Waals surface area contributed by atoms with Crippen molar-refractivity contribution in [3.05, 3.63) is 101 Å². The highest BCUT2D eigenvalue weighted by atomic mass is 16.5. The average molecular weight is 616 g/mol. The summed E-state index contributed by atoms with van der Waals surface area (Å²) in [6.07, 6.45) is 2.13. The van der Waals surface area contributed by atoms with Gasteiger partial charge in [-0.1, -0.05) is 54.6 Å². The Bertz CT molecular complexity index is 1520. The Morgan fingerprint density at radius 1 is 0.756 bits per heavy atom. The third-order valence-electron chi connectivity index (χ3n) is 7.86. The van der Waals surface area contributed by atoms with Crippen LogP contribution in [-0.2, 0) is 20.8 Å². The van der Waals surface area contributed by atoms with Crippen LogP contribution in [0.25, 0.3) is 11.1 Å². The van der Waals surface area contributed by atoms with Gasteiger partial charge in [0.25, 0.3) is 0 Å². The number of likely N-dealkylation sites (tertiary alicyclic amines) is 1. The molecule has 1 aliphatic heterocycles. The number of carbonyl (C=O) groups excluding carboxylic acids is 1. The number of ether oxygens (including phenoxy) is 1. The zero-order chi connectivity index (χ0) is 32.4. The van der Waals surface area contributed by atoms with Gasteiger partial charge >= 0.3 is 17.9 Å². The highest BCUT2D eigenvalue weighted by molar-refractivity contribution is 6.35. The van der Waals surface area contributed by atoms with E-state index >= 15 is 0 Å². The van der Waals surface area contributed by atoms with Crippen molar-refractivity contribution in [2.24, 2.45) is 0 Å². The van der Waals surface area contributed by atoms with Gasteiger partial charge in [-0.05, 0) is 85.3 Å². The minimum Gasteiger partial charge on any atom is -0.492 e. The normalized spacial score (nSPS) is 14.6. The molecule has 4 N–H and O–H groups in total. The highest BCUT2D eigenvalue weighted by Gasteiger charge is 2.40. The lowest BCUT2D eigenvalue weighted by molar-refractivity contribution is -0.170. The smallest absolute Gasteiger partial charge is 0.336 e. The summed E-state index contributed by atoms with van der Waals surface area (Å²) >= 11 is 0. The molecule has 5 rings (SSSR count). The van der Waals surface area contributed by atoms with E-state index in [0.29, 0.717) is 12.2 Å². The van der Waals surface area contributed by atoms with Gasteiger partial charge in [0.15, 0.2) is 11.4 Å². The van der Waals surface area contributed by atoms with E-state index in [1.165, 1.54) is 31.5 Å². The van der Waals surface area contributed by atoms with Crippen LogP contribution in [0.1, 0.15) is 59.2 Å². The molecule has 0 radical (unpaired) electrons. The molecule has 10 heteroatoms. The van der Waals surface area contributed by atoms with Gasteiger partial charge in [-0.25, -0.2) is 4.79 Å². The van der Waals surface area contributed by atoms with Crippen LogP contribution in [0.2, 0.25) is 0 Å². The van der Waals surface area contributed by atoms with Crippen LogP contribution in [0.4, 0.5) is 0 Å². The maximum Gasteiger partial charge on any atom is 0.336 e. The number of ketones is 1. The number of carboxylic acid groups (broad SMARTS) is 3. The van der Waals surface area contributed by atoms with Crippen molar-refractivity contribution in [3.63, 3.8) is 0 Å². The number of aryl methyl sites for hydroxylation is 1. The van der Waals surface area contributed by atoms with Crippen molar-refractivity contribution >= 4 is 34.8 Å². The molecule has 0 saturated carbocycles. The number of aliphatic hydroxyl groups is 1. The van der Waals surface area contributed by atoms with Crippen molar-refractivity contribution in [1.29, 1.82) is 0 Å². The molecule has 2 aliphatic rings. The molecule has 0 unspecified atom stereocenters. The number of carbonyl (C=O) groups is 4. The molecule has 10 nitrogen and oxygen atoms in total. The van der Waals surface area contributed by atoms with Crippen LogP contribution in [0.3, 0.4) is 0 Å². The summed E-state index contributed by atoms with van der Waals surface area (Å²) in [5, 5.41) is 33.8. The highest BCUT2D eigenvalue weighted by Crippen LogP contribution is 2.38. The van der Waals surface area contributed by atoms with E-state index in [1.54, 1.807) is 0 Å². The summed E-state index contributed by atoms with van der Waals surface area (Å²) in [7, 11) is 0. The molecular formula is C35H37NO9. The molecular weight excluding hydrogens is 578 g/mol. The zero-order valence-corrected chi connectivity index (χ0v) is 24.9. The van der Waals surface area contributed by atoms with E-state index in [-0.39, 0.29) is 5.78 Å². The lowest BCUT2D eigenvalue weighted by Gasteiger charge is -2.23. The van der Waals surface area contributed by atoms with Gasteiger partial charge in [0.05, 0.1) is 12.8 Å². The van der Waals surface area contributed by atoms with Crippen molar-refractivity contribution < 1.29 is 44.3 Å². The number of Topliss-reactive ketones (excluding diaryl/α,β-unsaturated/α-hetero) is 1. The Morgan fingerprint density at radius 2 is 1.36 bits per heavy atom. The second-order valence-corrected chi connectivity index (χ2v) is 11.1. The Kier molecular flexibility index (Phi) is 11.2. The molecule has 3 aromatic carbocycles. The lowest BCUT2D eigenvalue weighted by Crippen LogP contribution is -2.42. The number of rotatable bonds is 12. The molecule has 0 atom stereocenters. The first kappa shape index (κ1) is 33.1. The molecule has 1 fully saturated rings. The predicted molar refractivity (Wildman–Crippen MR) is 167 cm³/mol. The van der Waals surface area contributed by atoms with Crippen LogP contribution in [-0.4, -0.2) is 80.9 Å². The zero-order valence-electron chi connectivity index (χ0n) is 24.9. The van der Waals surface area contributed by atoms with E-state index in [1.807, 2.05) is 48.5 Å². The molecule has 0 amide bonds. The van der Waals surface area contributed by atoms with Crippen molar-refractivity contribution in [3.8, 4) is 5.75 Å². The van der Waals surface area contributed by atoms with Gasteiger partial charge in [-0.2, -0.15) is 0 Å². The molecule has 0 aromatic heterocycles. The number of benzene rings is 3. The Balaban J connectivity index is 0.000000302. The van der Waals surface area contributed by atoms with Gasteiger partial charge in [0, 0.05) is 17.7 Å². The van der Waals surface area contributed by atoms with Crippen molar-refractivity contribution in [1.82, 2.24) is 4.90 Å². The Hall–Kier alpha value is -4.80. The Labute approximate surface area is 261 Å². The first-order chi connectivity index (χ1) is 21.6. The lowest BCUT2D eigenvalue weighted by atomic mass is 9.80. The summed E-state index contributed by atoms with van der Waals surface area (Å²) < 4.78 is 5.93. The number of allylic oxidation sites excluding steroid dienone is 2. The van der Waals surface area contributed by atoms with Crippen LogP contribution < -0.4 is 4.74 Å². The summed E-state index contributed by atoms with van der Waals surface area (Å²) in [6.45, 7) is 4.00. The van der Waals surface area contributed by atoms with Crippen LogP contribution in [0, 0.1) is 0 Å². The maximum atomic E-state index is 13.7. The van der Waals surface area contributed by atoms with E-state index in [2.05, 4.69) is 35.2 Å². The van der Waals surface area contributed by atoms with E-state index in [4.69, 9.17) is 25.2 Å². The third-order valence-corrected chi connectivity index (χ3v) is 7.86. The first-order valence-electron chi connectivity index (χ1n) is 14.8. The fraction of sp³-hybridized carbons (Fsp3) is 0.314. The van der Waals surface area contributed by atoms with E-state index in [9.17, 15) is 19.2 Å². The van der Waals surface area contributed by atoms with Gasteiger partial charge in [0.2, 0.25) is 0 Å².